The van der Waals surface area contributed by atoms with Gasteiger partial charge >= 0.3 is 0 Å². The number of carbonyl (C=O) groups excluding carboxylic acids is 1. The first-order valence-corrected chi connectivity index (χ1v) is 18.9. The molecule has 1 fully saturated rings. The van der Waals surface area contributed by atoms with Crippen LogP contribution in [0, 0.1) is 5.92 Å². The Bertz CT molecular complexity index is 1640. The lowest BCUT2D eigenvalue weighted by atomic mass is 9.96. The number of anilines is 2. The number of imidazole rings is 1. The van der Waals surface area contributed by atoms with Crippen LogP contribution in [-0.2, 0) is 33.0 Å². The smallest absolute Gasteiger partial charge is 0.248 e. The Labute approximate surface area is 294 Å². The molecule has 1 aliphatic heterocycles. The molecular formula is C40H50N4O4S. The van der Waals surface area contributed by atoms with Gasteiger partial charge in [-0.2, -0.15) is 0 Å². The SMILES string of the molecule is CCCCOCCOc1ccc(-c2ccc(N3CCCC(C)C3)c(C=CC(=O)Nc3ccc([S@@+]([O-])Cc4cncn4CCC)cc3)c2)cc1. The molecule has 260 valence electrons. The Morgan fingerprint density at radius 1 is 1.02 bits per heavy atom. The van der Waals surface area contributed by atoms with Crippen molar-refractivity contribution in [3.63, 3.8) is 0 Å². The lowest BCUT2D eigenvalue weighted by Crippen LogP contribution is -2.34. The van der Waals surface area contributed by atoms with Crippen molar-refractivity contribution < 1.29 is 18.8 Å². The number of hydrogen-bond acceptors (Lipinski definition) is 6. The molecule has 49 heavy (non-hydrogen) atoms. The van der Waals surface area contributed by atoms with Crippen molar-refractivity contribution in [2.24, 2.45) is 5.92 Å². The summed E-state index contributed by atoms with van der Waals surface area (Å²) < 4.78 is 26.5. The first-order valence-electron chi connectivity index (χ1n) is 17.6. The van der Waals surface area contributed by atoms with Crippen LogP contribution in [0.5, 0.6) is 5.75 Å². The summed E-state index contributed by atoms with van der Waals surface area (Å²) in [5, 5.41) is 2.96. The van der Waals surface area contributed by atoms with E-state index in [2.05, 4.69) is 66.3 Å². The van der Waals surface area contributed by atoms with Gasteiger partial charge < -0.3 is 28.8 Å². The van der Waals surface area contributed by atoms with Crippen LogP contribution in [0.15, 0.2) is 90.2 Å². The number of aromatic nitrogens is 2. The number of benzene rings is 3. The molecule has 1 amide bonds. The minimum absolute atomic E-state index is 0.221. The Balaban J connectivity index is 1.24. The maximum atomic E-state index is 13.1. The summed E-state index contributed by atoms with van der Waals surface area (Å²) in [6, 6.07) is 21.9. The first kappa shape index (κ1) is 36.2. The van der Waals surface area contributed by atoms with Crippen LogP contribution < -0.4 is 15.0 Å². The van der Waals surface area contributed by atoms with Crippen molar-refractivity contribution in [1.29, 1.82) is 0 Å². The molecule has 0 aliphatic carbocycles. The number of nitrogens with zero attached hydrogens (tertiary/aromatic N) is 3. The highest BCUT2D eigenvalue weighted by molar-refractivity contribution is 7.90. The molecule has 8 nitrogen and oxygen atoms in total. The van der Waals surface area contributed by atoms with Crippen molar-refractivity contribution in [3.05, 3.63) is 96.6 Å². The standard InChI is InChI=1S/C40H50N4O4S/c1-4-6-23-47-24-25-48-37-15-9-32(10-16-37)33-11-19-39(43-22-7-8-31(3)28-43)34(26-33)12-20-40(45)42-35-13-17-38(18-14-35)49(46)29-36-27-41-30-44(36)21-5-2/h9-20,26-27,30-31H,4-8,21-25,28-29H2,1-3H3,(H,42,45)/t31?,49-/m0/s1. The minimum Gasteiger partial charge on any atom is -0.611 e. The molecule has 2 heterocycles. The van der Waals surface area contributed by atoms with Gasteiger partial charge in [0, 0.05) is 43.7 Å². The van der Waals surface area contributed by atoms with Crippen molar-refractivity contribution in [3.8, 4) is 16.9 Å². The third kappa shape index (κ3) is 10.7. The lowest BCUT2D eigenvalue weighted by Gasteiger charge is -2.34. The van der Waals surface area contributed by atoms with Gasteiger partial charge in [0.2, 0.25) is 5.91 Å². The van der Waals surface area contributed by atoms with Gasteiger partial charge in [0.15, 0.2) is 10.6 Å². The topological polar surface area (TPSA) is 91.7 Å². The van der Waals surface area contributed by atoms with Gasteiger partial charge in [-0.25, -0.2) is 4.98 Å². The molecule has 1 aromatic heterocycles. The number of hydrogen-bond donors (Lipinski definition) is 1. The number of nitrogens with one attached hydrogen (secondary N) is 1. The van der Waals surface area contributed by atoms with Gasteiger partial charge in [0.25, 0.3) is 0 Å². The Morgan fingerprint density at radius 2 is 1.82 bits per heavy atom. The number of rotatable bonds is 17. The summed E-state index contributed by atoms with van der Waals surface area (Å²) in [7, 11) is 0. The number of carbonyl (C=O) groups is 1. The normalized spacial score (nSPS) is 15.4. The summed E-state index contributed by atoms with van der Waals surface area (Å²) in [4.78, 5) is 20.5. The number of amides is 1. The van der Waals surface area contributed by atoms with E-state index in [4.69, 9.17) is 9.47 Å². The second-order valence-electron chi connectivity index (χ2n) is 12.7. The molecule has 0 radical (unpaired) electrons. The molecule has 1 unspecified atom stereocenters. The number of aryl methyl sites for hydroxylation is 1. The molecule has 9 heteroatoms. The van der Waals surface area contributed by atoms with Crippen LogP contribution >= 0.6 is 0 Å². The van der Waals surface area contributed by atoms with E-state index in [1.165, 1.54) is 6.42 Å². The fourth-order valence-corrected chi connectivity index (χ4v) is 7.16. The third-order valence-corrected chi connectivity index (χ3v) is 10.0. The van der Waals surface area contributed by atoms with E-state index in [0.29, 0.717) is 35.5 Å². The van der Waals surface area contributed by atoms with E-state index in [-0.39, 0.29) is 5.91 Å². The Kier molecular flexibility index (Phi) is 13.8. The van der Waals surface area contributed by atoms with Crippen LogP contribution in [0.3, 0.4) is 0 Å². The highest BCUT2D eigenvalue weighted by Gasteiger charge is 2.19. The number of ether oxygens (including phenoxy) is 2. The average Bonchev–Trinajstić information content (AvgIpc) is 3.55. The maximum absolute atomic E-state index is 13.1. The van der Waals surface area contributed by atoms with Crippen molar-refractivity contribution in [1.82, 2.24) is 9.55 Å². The highest BCUT2D eigenvalue weighted by atomic mass is 32.2. The molecule has 1 N–H and O–H groups in total. The zero-order chi connectivity index (χ0) is 34.4. The third-order valence-electron chi connectivity index (χ3n) is 8.69. The molecule has 3 aromatic carbocycles. The lowest BCUT2D eigenvalue weighted by molar-refractivity contribution is -0.111. The van der Waals surface area contributed by atoms with Crippen LogP contribution in [0.4, 0.5) is 11.4 Å². The second kappa shape index (κ2) is 18.6. The van der Waals surface area contributed by atoms with Gasteiger partial charge in [0.1, 0.15) is 12.4 Å². The second-order valence-corrected chi connectivity index (χ2v) is 14.2. The summed E-state index contributed by atoms with van der Waals surface area (Å²) in [6.07, 6.45) is 12.6. The van der Waals surface area contributed by atoms with Gasteiger partial charge in [-0.1, -0.05) is 45.4 Å². The fourth-order valence-electron chi connectivity index (χ4n) is 6.04. The zero-order valence-electron chi connectivity index (χ0n) is 29.1. The number of piperidine rings is 1. The Hall–Kier alpha value is -4.05. The zero-order valence-corrected chi connectivity index (χ0v) is 29.9. The van der Waals surface area contributed by atoms with Gasteiger partial charge in [-0.15, -0.1) is 0 Å². The molecule has 1 saturated heterocycles. The Morgan fingerprint density at radius 3 is 2.57 bits per heavy atom. The molecule has 5 rings (SSSR count). The van der Waals surface area contributed by atoms with Gasteiger partial charge in [0.05, 0.1) is 24.8 Å². The largest absolute Gasteiger partial charge is 0.611 e. The summed E-state index contributed by atoms with van der Waals surface area (Å²) in [5.74, 6) is 1.62. The quantitative estimate of drug-likeness (QED) is 0.0684. The van der Waals surface area contributed by atoms with Crippen LogP contribution in [0.1, 0.15) is 64.1 Å². The first-order chi connectivity index (χ1) is 23.9. The van der Waals surface area contributed by atoms with E-state index in [1.807, 2.05) is 34.9 Å². The van der Waals surface area contributed by atoms with Gasteiger partial charge in [-0.3, -0.25) is 4.79 Å². The predicted molar refractivity (Wildman–Crippen MR) is 200 cm³/mol. The molecule has 0 saturated carbocycles. The van der Waals surface area contributed by atoms with Crippen LogP contribution in [0.25, 0.3) is 17.2 Å². The molecule has 1 aliphatic rings. The van der Waals surface area contributed by atoms with E-state index in [9.17, 15) is 9.35 Å². The van der Waals surface area contributed by atoms with Crippen molar-refractivity contribution in [2.75, 3.05) is 43.1 Å². The van der Waals surface area contributed by atoms with Crippen molar-refractivity contribution in [2.45, 2.75) is 70.1 Å². The average molecular weight is 683 g/mol. The predicted octanol–water partition coefficient (Wildman–Crippen LogP) is 8.35. The van der Waals surface area contributed by atoms with Crippen LogP contribution in [0.2, 0.25) is 0 Å². The molecule has 2 atom stereocenters. The molecule has 0 spiro atoms. The molecular weight excluding hydrogens is 633 g/mol. The minimum atomic E-state index is -1.21. The fraction of sp³-hybridized carbons (Fsp3) is 0.400. The maximum Gasteiger partial charge on any atom is 0.248 e. The van der Waals surface area contributed by atoms with E-state index in [1.54, 1.807) is 30.7 Å². The van der Waals surface area contributed by atoms with E-state index in [0.717, 1.165) is 85.7 Å². The van der Waals surface area contributed by atoms with E-state index < -0.39 is 11.2 Å². The van der Waals surface area contributed by atoms with E-state index >= 15 is 0 Å². The number of unbranched alkanes of at least 4 members (excludes halogenated alkanes) is 1. The summed E-state index contributed by atoms with van der Waals surface area (Å²) in [5.41, 5.74) is 5.89. The summed E-state index contributed by atoms with van der Waals surface area (Å²) >= 11 is -1.21. The summed E-state index contributed by atoms with van der Waals surface area (Å²) in [6.45, 7) is 11.3. The monoisotopic (exact) mass is 682 g/mol. The van der Waals surface area contributed by atoms with Gasteiger partial charge in [-0.05, 0) is 114 Å². The molecule has 4 aromatic rings. The highest BCUT2D eigenvalue weighted by Crippen LogP contribution is 2.32. The molecule has 0 bridgehead atoms. The van der Waals surface area contributed by atoms with Crippen LogP contribution in [-0.4, -0.2) is 52.9 Å². The van der Waals surface area contributed by atoms with Crippen molar-refractivity contribution >= 4 is 34.5 Å².